The van der Waals surface area contributed by atoms with Gasteiger partial charge in [0.25, 0.3) is 0 Å². The highest BCUT2D eigenvalue weighted by Crippen LogP contribution is 2.16. The van der Waals surface area contributed by atoms with Gasteiger partial charge in [0.2, 0.25) is 5.82 Å². The Balaban J connectivity index is 1.83. The number of aryl methyl sites for hydroxylation is 1. The summed E-state index contributed by atoms with van der Waals surface area (Å²) in [5, 5.41) is 21.6. The number of aromatic nitrogens is 4. The van der Waals surface area contributed by atoms with E-state index in [1.165, 1.54) is 81.8 Å². The molecule has 1 heterocycles. The van der Waals surface area contributed by atoms with Crippen molar-refractivity contribution in [3.63, 3.8) is 0 Å². The molecule has 1 rings (SSSR count). The SMILES string of the molecule is CCCCCCCCC=CCCCCCCCC(O)c1nnn(C)n1. The van der Waals surface area contributed by atoms with Gasteiger partial charge in [-0.15, -0.1) is 10.2 Å². The van der Waals surface area contributed by atoms with Crippen LogP contribution in [0.1, 0.15) is 109 Å². The fourth-order valence-corrected chi connectivity index (χ4v) is 2.97. The third kappa shape index (κ3) is 11.9. The van der Waals surface area contributed by atoms with Crippen molar-refractivity contribution < 1.29 is 5.11 Å². The molecule has 0 fully saturated rings. The molecule has 0 aliphatic rings. The Kier molecular flexibility index (Phi) is 13.1. The van der Waals surface area contributed by atoms with Crippen LogP contribution in [0.25, 0.3) is 0 Å². The zero-order chi connectivity index (χ0) is 18.2. The van der Waals surface area contributed by atoms with Crippen molar-refractivity contribution in [3.8, 4) is 0 Å². The van der Waals surface area contributed by atoms with Gasteiger partial charge in [-0.05, 0) is 37.3 Å². The van der Waals surface area contributed by atoms with E-state index in [0.29, 0.717) is 5.82 Å². The van der Waals surface area contributed by atoms with Gasteiger partial charge < -0.3 is 5.11 Å². The number of allylic oxidation sites excluding steroid dienone is 2. The number of nitrogens with zero attached hydrogens (tertiary/aromatic N) is 4. The zero-order valence-electron chi connectivity index (χ0n) is 16.4. The van der Waals surface area contributed by atoms with Crippen molar-refractivity contribution in [1.82, 2.24) is 20.2 Å². The van der Waals surface area contributed by atoms with E-state index in [1.807, 2.05) is 0 Å². The van der Waals surface area contributed by atoms with E-state index in [0.717, 1.165) is 12.8 Å². The maximum absolute atomic E-state index is 9.95. The van der Waals surface area contributed by atoms with E-state index < -0.39 is 6.10 Å². The Hall–Kier alpha value is -1.23. The molecule has 0 saturated heterocycles. The average Bonchev–Trinajstić information content (AvgIpc) is 3.04. The van der Waals surface area contributed by atoms with Crippen LogP contribution in [0, 0.1) is 0 Å². The number of rotatable bonds is 16. The molecule has 1 aromatic heterocycles. The van der Waals surface area contributed by atoms with Gasteiger partial charge in [0, 0.05) is 0 Å². The maximum atomic E-state index is 9.95. The second-order valence-corrected chi connectivity index (χ2v) is 7.03. The second-order valence-electron chi connectivity index (χ2n) is 7.03. The smallest absolute Gasteiger partial charge is 0.203 e. The quantitative estimate of drug-likeness (QED) is 0.325. The Morgan fingerprint density at radius 2 is 1.44 bits per heavy atom. The van der Waals surface area contributed by atoms with Crippen LogP contribution in [0.15, 0.2) is 12.2 Å². The first-order valence-electron chi connectivity index (χ1n) is 10.3. The van der Waals surface area contributed by atoms with Crippen LogP contribution < -0.4 is 0 Å². The molecule has 0 radical (unpaired) electrons. The van der Waals surface area contributed by atoms with Crippen LogP contribution in [0.2, 0.25) is 0 Å². The minimum absolute atomic E-state index is 0.443. The summed E-state index contributed by atoms with van der Waals surface area (Å²) in [6.45, 7) is 2.27. The van der Waals surface area contributed by atoms with E-state index in [9.17, 15) is 5.11 Å². The van der Waals surface area contributed by atoms with Crippen molar-refractivity contribution in [2.45, 2.75) is 103 Å². The lowest BCUT2D eigenvalue weighted by molar-refractivity contribution is 0.153. The topological polar surface area (TPSA) is 63.8 Å². The molecule has 0 aliphatic heterocycles. The molecular formula is C20H38N4O. The van der Waals surface area contributed by atoms with Gasteiger partial charge in [-0.3, -0.25) is 0 Å². The normalized spacial score (nSPS) is 12.9. The Morgan fingerprint density at radius 1 is 0.880 bits per heavy atom. The van der Waals surface area contributed by atoms with Crippen molar-refractivity contribution >= 4 is 0 Å². The third-order valence-corrected chi connectivity index (χ3v) is 4.56. The molecule has 0 bridgehead atoms. The lowest BCUT2D eigenvalue weighted by atomic mass is 10.1. The van der Waals surface area contributed by atoms with Crippen LogP contribution in [0.3, 0.4) is 0 Å². The highest BCUT2D eigenvalue weighted by molar-refractivity contribution is 4.83. The number of aliphatic hydroxyl groups is 1. The number of hydrogen-bond acceptors (Lipinski definition) is 4. The first-order chi connectivity index (χ1) is 12.2. The molecule has 1 atom stereocenters. The maximum Gasteiger partial charge on any atom is 0.203 e. The van der Waals surface area contributed by atoms with E-state index in [1.54, 1.807) is 7.05 Å². The number of tetrazole rings is 1. The molecule has 5 heteroatoms. The molecule has 25 heavy (non-hydrogen) atoms. The summed E-state index contributed by atoms with van der Waals surface area (Å²) in [5.74, 6) is 0.443. The number of unbranched alkanes of at least 4 members (excludes halogenated alkanes) is 11. The summed E-state index contributed by atoms with van der Waals surface area (Å²) in [5.41, 5.74) is 0. The highest BCUT2D eigenvalue weighted by Gasteiger charge is 2.12. The minimum Gasteiger partial charge on any atom is -0.385 e. The summed E-state index contributed by atoms with van der Waals surface area (Å²) < 4.78 is 0. The van der Waals surface area contributed by atoms with Gasteiger partial charge in [0.05, 0.1) is 7.05 Å². The molecular weight excluding hydrogens is 312 g/mol. The Morgan fingerprint density at radius 3 is 2.00 bits per heavy atom. The monoisotopic (exact) mass is 350 g/mol. The molecule has 0 aromatic carbocycles. The zero-order valence-corrected chi connectivity index (χ0v) is 16.4. The molecule has 0 spiro atoms. The predicted molar refractivity (Wildman–Crippen MR) is 103 cm³/mol. The van der Waals surface area contributed by atoms with Gasteiger partial charge in [0.15, 0.2) is 0 Å². The lowest BCUT2D eigenvalue weighted by Gasteiger charge is -2.05. The molecule has 1 aromatic rings. The largest absolute Gasteiger partial charge is 0.385 e. The number of aliphatic hydroxyl groups excluding tert-OH is 1. The minimum atomic E-state index is -0.571. The van der Waals surface area contributed by atoms with Crippen LogP contribution >= 0.6 is 0 Å². The molecule has 0 amide bonds. The van der Waals surface area contributed by atoms with Crippen molar-refractivity contribution in [2.24, 2.45) is 7.05 Å². The first kappa shape index (κ1) is 21.8. The van der Waals surface area contributed by atoms with Crippen LogP contribution in [0.5, 0.6) is 0 Å². The van der Waals surface area contributed by atoms with Crippen LogP contribution in [0.4, 0.5) is 0 Å². The fraction of sp³-hybridized carbons (Fsp3) is 0.850. The van der Waals surface area contributed by atoms with Gasteiger partial charge >= 0.3 is 0 Å². The second kappa shape index (κ2) is 15.1. The summed E-state index contributed by atoms with van der Waals surface area (Å²) in [6.07, 6.45) is 21.6. The standard InChI is InChI=1S/C20H38N4O/c1-3-4-5-6-7-8-9-10-11-12-13-14-15-16-17-18-19(25)20-21-23-24(2)22-20/h10-11,19,25H,3-9,12-18H2,1-2H3. The van der Waals surface area contributed by atoms with Crippen molar-refractivity contribution in [2.75, 3.05) is 0 Å². The van der Waals surface area contributed by atoms with Gasteiger partial charge in [-0.1, -0.05) is 76.9 Å². The van der Waals surface area contributed by atoms with E-state index in [4.69, 9.17) is 0 Å². The molecule has 0 aliphatic carbocycles. The summed E-state index contributed by atoms with van der Waals surface area (Å²) in [4.78, 5) is 1.39. The third-order valence-electron chi connectivity index (χ3n) is 4.56. The Labute approximate surface area is 153 Å². The van der Waals surface area contributed by atoms with Crippen LogP contribution in [-0.4, -0.2) is 25.3 Å². The first-order valence-corrected chi connectivity index (χ1v) is 10.3. The van der Waals surface area contributed by atoms with Crippen LogP contribution in [-0.2, 0) is 7.05 Å². The van der Waals surface area contributed by atoms with E-state index in [2.05, 4.69) is 34.5 Å². The van der Waals surface area contributed by atoms with E-state index >= 15 is 0 Å². The fourth-order valence-electron chi connectivity index (χ4n) is 2.97. The molecule has 0 saturated carbocycles. The van der Waals surface area contributed by atoms with Crippen molar-refractivity contribution in [3.05, 3.63) is 18.0 Å². The van der Waals surface area contributed by atoms with E-state index in [-0.39, 0.29) is 0 Å². The summed E-state index contributed by atoms with van der Waals surface area (Å²) in [6, 6.07) is 0. The average molecular weight is 351 g/mol. The molecule has 1 unspecified atom stereocenters. The van der Waals surface area contributed by atoms with Gasteiger partial charge in [-0.2, -0.15) is 4.80 Å². The highest BCUT2D eigenvalue weighted by atomic mass is 16.3. The molecule has 144 valence electrons. The van der Waals surface area contributed by atoms with Crippen molar-refractivity contribution in [1.29, 1.82) is 0 Å². The lowest BCUT2D eigenvalue weighted by Crippen LogP contribution is -2.01. The number of hydrogen-bond donors (Lipinski definition) is 1. The Bertz CT molecular complexity index is 445. The van der Waals surface area contributed by atoms with Gasteiger partial charge in [0.1, 0.15) is 6.10 Å². The molecule has 1 N–H and O–H groups in total. The molecule has 5 nitrogen and oxygen atoms in total. The van der Waals surface area contributed by atoms with Gasteiger partial charge in [-0.25, -0.2) is 0 Å². The summed E-state index contributed by atoms with van der Waals surface area (Å²) in [7, 11) is 1.71. The predicted octanol–water partition coefficient (Wildman–Crippen LogP) is 5.28. The summed E-state index contributed by atoms with van der Waals surface area (Å²) >= 11 is 0.